The zero-order valence-electron chi connectivity index (χ0n) is 15.2. The number of nitrogens with zero attached hydrogens (tertiary/aromatic N) is 2. The zero-order chi connectivity index (χ0) is 19.3. The largest absolute Gasteiger partial charge is 0.495 e. The van der Waals surface area contributed by atoms with Crippen molar-refractivity contribution in [2.24, 2.45) is 0 Å². The van der Waals surface area contributed by atoms with Crippen molar-refractivity contribution < 1.29 is 9.53 Å². The van der Waals surface area contributed by atoms with Crippen molar-refractivity contribution in [2.75, 3.05) is 18.2 Å². The summed E-state index contributed by atoms with van der Waals surface area (Å²) in [6.07, 6.45) is 3.46. The Morgan fingerprint density at radius 3 is 2.71 bits per heavy atom. The molecule has 28 heavy (non-hydrogen) atoms. The van der Waals surface area contributed by atoms with Gasteiger partial charge in [0, 0.05) is 11.8 Å². The molecule has 0 radical (unpaired) electrons. The van der Waals surface area contributed by atoms with Crippen molar-refractivity contribution in [3.63, 3.8) is 0 Å². The molecule has 0 bridgehead atoms. The van der Waals surface area contributed by atoms with E-state index < -0.39 is 0 Å². The second-order valence-electron chi connectivity index (χ2n) is 6.01. The fourth-order valence-corrected chi connectivity index (χ4v) is 3.69. The molecule has 4 aromatic rings. The third-order valence-electron chi connectivity index (χ3n) is 4.23. The third kappa shape index (κ3) is 3.70. The number of H-pyrrole nitrogens is 1. The molecular formula is C21H18N4O2S. The number of fused-ring (bicyclic) bond motifs is 1. The van der Waals surface area contributed by atoms with Crippen LogP contribution in [0.5, 0.6) is 5.75 Å². The highest BCUT2D eigenvalue weighted by molar-refractivity contribution is 8.00. The molecular weight excluding hydrogens is 372 g/mol. The maximum absolute atomic E-state index is 12.4. The number of methoxy groups -OCH3 is 1. The van der Waals surface area contributed by atoms with Crippen molar-refractivity contribution in [3.05, 3.63) is 67.1 Å². The zero-order valence-corrected chi connectivity index (χ0v) is 16.0. The molecule has 0 aliphatic carbocycles. The summed E-state index contributed by atoms with van der Waals surface area (Å²) in [5.41, 5.74) is 4.41. The van der Waals surface area contributed by atoms with Gasteiger partial charge >= 0.3 is 0 Å². The van der Waals surface area contributed by atoms with E-state index in [9.17, 15) is 4.79 Å². The van der Waals surface area contributed by atoms with Gasteiger partial charge in [0.25, 0.3) is 0 Å². The number of hydrogen-bond donors (Lipinski definition) is 2. The lowest BCUT2D eigenvalue weighted by molar-refractivity contribution is -0.113. The van der Waals surface area contributed by atoms with Gasteiger partial charge in [0.05, 0.1) is 24.1 Å². The van der Waals surface area contributed by atoms with E-state index in [0.29, 0.717) is 11.4 Å². The maximum atomic E-state index is 12.4. The maximum Gasteiger partial charge on any atom is 0.234 e. The summed E-state index contributed by atoms with van der Waals surface area (Å²) in [5, 5.41) is 3.61. The van der Waals surface area contributed by atoms with Crippen LogP contribution in [0, 0.1) is 0 Å². The van der Waals surface area contributed by atoms with E-state index >= 15 is 0 Å². The third-order valence-corrected chi connectivity index (χ3v) is 5.22. The van der Waals surface area contributed by atoms with Crippen LogP contribution >= 0.6 is 11.8 Å². The van der Waals surface area contributed by atoms with E-state index in [1.54, 1.807) is 19.2 Å². The fraction of sp³-hybridized carbons (Fsp3) is 0.0952. The van der Waals surface area contributed by atoms with Gasteiger partial charge in [-0.15, -0.1) is 0 Å². The average molecular weight is 390 g/mol. The van der Waals surface area contributed by atoms with E-state index in [4.69, 9.17) is 4.74 Å². The Hall–Kier alpha value is -3.32. The lowest BCUT2D eigenvalue weighted by Crippen LogP contribution is -2.14. The molecule has 0 aliphatic rings. The van der Waals surface area contributed by atoms with E-state index in [2.05, 4.69) is 20.3 Å². The van der Waals surface area contributed by atoms with Crippen LogP contribution in [-0.2, 0) is 4.79 Å². The van der Waals surface area contributed by atoms with Gasteiger partial charge in [-0.05, 0) is 17.7 Å². The second-order valence-corrected chi connectivity index (χ2v) is 6.97. The number of amides is 1. The number of hydrogen-bond acceptors (Lipinski definition) is 5. The van der Waals surface area contributed by atoms with Gasteiger partial charge in [-0.3, -0.25) is 4.79 Å². The highest BCUT2D eigenvalue weighted by Crippen LogP contribution is 2.31. The van der Waals surface area contributed by atoms with Crippen molar-refractivity contribution >= 4 is 34.4 Å². The lowest BCUT2D eigenvalue weighted by atomic mass is 10.1. The van der Waals surface area contributed by atoms with Gasteiger partial charge in [-0.1, -0.05) is 54.2 Å². The number of carbonyl (C=O) groups excluding carboxylic acids is 1. The first-order valence-electron chi connectivity index (χ1n) is 8.69. The Morgan fingerprint density at radius 1 is 1.11 bits per heavy atom. The van der Waals surface area contributed by atoms with Crippen LogP contribution in [-0.4, -0.2) is 33.7 Å². The first-order chi connectivity index (χ1) is 13.8. The molecule has 0 saturated heterocycles. The normalized spacial score (nSPS) is 10.8. The van der Waals surface area contributed by atoms with Crippen molar-refractivity contribution in [1.82, 2.24) is 15.0 Å². The summed E-state index contributed by atoms with van der Waals surface area (Å²) >= 11 is 1.36. The summed E-state index contributed by atoms with van der Waals surface area (Å²) in [5.74, 6) is 0.724. The van der Waals surface area contributed by atoms with E-state index in [1.165, 1.54) is 18.1 Å². The molecule has 4 rings (SSSR count). The highest BCUT2D eigenvalue weighted by atomic mass is 32.2. The van der Waals surface area contributed by atoms with Crippen LogP contribution in [0.3, 0.4) is 0 Å². The Bertz CT molecular complexity index is 1110. The van der Waals surface area contributed by atoms with E-state index in [0.717, 1.165) is 27.2 Å². The number of carbonyl (C=O) groups is 1. The molecule has 2 aromatic carbocycles. The lowest BCUT2D eigenvalue weighted by Gasteiger charge is -2.09. The van der Waals surface area contributed by atoms with Crippen molar-refractivity contribution in [2.45, 2.75) is 5.03 Å². The Kier molecular flexibility index (Phi) is 5.25. The molecule has 2 N–H and O–H groups in total. The summed E-state index contributed by atoms with van der Waals surface area (Å²) in [7, 11) is 1.58. The molecule has 0 atom stereocenters. The number of aromatic nitrogens is 3. The van der Waals surface area contributed by atoms with E-state index in [1.807, 2.05) is 48.7 Å². The number of aromatic amines is 1. The molecule has 6 nitrogen and oxygen atoms in total. The number of anilines is 1. The fourth-order valence-electron chi connectivity index (χ4n) is 2.93. The number of rotatable bonds is 6. The van der Waals surface area contributed by atoms with Crippen molar-refractivity contribution in [3.8, 4) is 16.9 Å². The smallest absolute Gasteiger partial charge is 0.234 e. The Labute approximate surface area is 166 Å². The Morgan fingerprint density at radius 2 is 1.89 bits per heavy atom. The monoisotopic (exact) mass is 390 g/mol. The van der Waals surface area contributed by atoms with Gasteiger partial charge in [0.2, 0.25) is 5.91 Å². The molecule has 0 aliphatic heterocycles. The van der Waals surface area contributed by atoms with E-state index in [-0.39, 0.29) is 11.7 Å². The quantitative estimate of drug-likeness (QED) is 0.378. The summed E-state index contributed by atoms with van der Waals surface area (Å²) in [6.45, 7) is 0. The minimum atomic E-state index is -0.129. The molecule has 0 spiro atoms. The number of ether oxygens (including phenoxy) is 1. The summed E-state index contributed by atoms with van der Waals surface area (Å²) < 4.78 is 5.26. The molecule has 0 unspecified atom stereocenters. The Balaban J connectivity index is 1.51. The topological polar surface area (TPSA) is 79.9 Å². The second kappa shape index (κ2) is 8.14. The van der Waals surface area contributed by atoms with Gasteiger partial charge in [-0.2, -0.15) is 0 Å². The minimum absolute atomic E-state index is 0.129. The average Bonchev–Trinajstić information content (AvgIpc) is 3.18. The predicted molar refractivity (Wildman–Crippen MR) is 112 cm³/mol. The minimum Gasteiger partial charge on any atom is -0.495 e. The number of para-hydroxylation sites is 2. The predicted octanol–water partition coefficient (Wildman–Crippen LogP) is 4.36. The molecule has 7 heteroatoms. The molecule has 0 fully saturated rings. The van der Waals surface area contributed by atoms with Gasteiger partial charge in [-0.25, -0.2) is 9.97 Å². The van der Waals surface area contributed by atoms with Crippen LogP contribution < -0.4 is 10.1 Å². The SMILES string of the molecule is COc1ccccc1NC(=O)CSc1ncnc2c(-c3ccccc3)c[nH]c12. The number of thioether (sulfide) groups is 1. The number of benzene rings is 2. The van der Waals surface area contributed by atoms with Crippen LogP contribution in [0.1, 0.15) is 0 Å². The molecule has 140 valence electrons. The molecule has 2 heterocycles. The molecule has 2 aromatic heterocycles. The van der Waals surface area contributed by atoms with Crippen molar-refractivity contribution in [1.29, 1.82) is 0 Å². The van der Waals surface area contributed by atoms with Crippen LogP contribution in [0.2, 0.25) is 0 Å². The van der Waals surface area contributed by atoms with Gasteiger partial charge in [0.15, 0.2) is 0 Å². The van der Waals surface area contributed by atoms with Crippen LogP contribution in [0.4, 0.5) is 5.69 Å². The first-order valence-corrected chi connectivity index (χ1v) is 9.68. The molecule has 1 amide bonds. The van der Waals surface area contributed by atoms with Crippen LogP contribution in [0.25, 0.3) is 22.2 Å². The number of nitrogens with one attached hydrogen (secondary N) is 2. The highest BCUT2D eigenvalue weighted by Gasteiger charge is 2.14. The standard InChI is InChI=1S/C21H18N4O2S/c1-27-17-10-6-5-9-16(17)25-18(26)12-28-21-20-19(23-13-24-21)15(11-22-20)14-7-3-2-4-8-14/h2-11,13,22H,12H2,1H3,(H,25,26). The van der Waals surface area contributed by atoms with Gasteiger partial charge < -0.3 is 15.0 Å². The summed E-state index contributed by atoms with van der Waals surface area (Å²) in [6, 6.07) is 17.4. The summed E-state index contributed by atoms with van der Waals surface area (Å²) in [4.78, 5) is 24.4. The first kappa shape index (κ1) is 18.1. The van der Waals surface area contributed by atoms with Crippen LogP contribution in [0.15, 0.2) is 72.1 Å². The van der Waals surface area contributed by atoms with Gasteiger partial charge in [0.1, 0.15) is 22.6 Å². The molecule has 0 saturated carbocycles.